The fraction of sp³-hybridized carbons (Fsp3) is 0. The van der Waals surface area contributed by atoms with Crippen molar-refractivity contribution < 1.29 is 14.6 Å². The number of rotatable bonds is 1. The maximum Gasteiger partial charge on any atom is 0.141 e. The molecule has 4 aromatic rings. The fourth-order valence-electron chi connectivity index (χ4n) is 2.54. The Bertz CT molecular complexity index is 972. The van der Waals surface area contributed by atoms with Crippen LogP contribution in [-0.2, 0) is 0 Å². The van der Waals surface area contributed by atoms with Crippen LogP contribution in [0.4, 0.5) is 0 Å². The maximum absolute atomic E-state index is 9.89. The molecule has 0 aliphatic carbocycles. The number of phenols is 2. The Morgan fingerprint density at radius 1 is 0.952 bits per heavy atom. The molecule has 2 aromatic carbocycles. The number of hydrogen-bond donors (Lipinski definition) is 2. The lowest BCUT2D eigenvalue weighted by molar-refractivity contribution is 0.475. The molecule has 0 saturated carbocycles. The highest BCUT2D eigenvalue weighted by Gasteiger charge is 2.12. The van der Waals surface area contributed by atoms with Gasteiger partial charge in [0.15, 0.2) is 0 Å². The summed E-state index contributed by atoms with van der Waals surface area (Å²) >= 11 is 0. The van der Waals surface area contributed by atoms with Crippen molar-refractivity contribution >= 4 is 21.9 Å². The molecule has 0 spiro atoms. The normalized spacial score (nSPS) is 11.2. The SMILES string of the molecule is Oc1ccc2oc(-c3ccc(O)c4ncccc34)cc2c1. The molecule has 0 bridgehead atoms. The summed E-state index contributed by atoms with van der Waals surface area (Å²) in [4.78, 5) is 4.20. The summed E-state index contributed by atoms with van der Waals surface area (Å²) in [6, 6.07) is 14.0. The van der Waals surface area contributed by atoms with Crippen LogP contribution in [0.2, 0.25) is 0 Å². The average Bonchev–Trinajstić information content (AvgIpc) is 2.90. The Morgan fingerprint density at radius 2 is 1.86 bits per heavy atom. The van der Waals surface area contributed by atoms with Gasteiger partial charge in [0.25, 0.3) is 0 Å². The van der Waals surface area contributed by atoms with Crippen LogP contribution in [0.25, 0.3) is 33.2 Å². The molecule has 0 atom stereocenters. The third-order valence-corrected chi connectivity index (χ3v) is 3.51. The summed E-state index contributed by atoms with van der Waals surface area (Å²) in [5, 5.41) is 21.1. The van der Waals surface area contributed by atoms with Gasteiger partial charge in [-0.05, 0) is 42.5 Å². The molecule has 0 aliphatic heterocycles. The van der Waals surface area contributed by atoms with Crippen LogP contribution in [0.1, 0.15) is 0 Å². The van der Waals surface area contributed by atoms with Gasteiger partial charge in [0.2, 0.25) is 0 Å². The first kappa shape index (κ1) is 11.8. The Hall–Kier alpha value is -3.01. The van der Waals surface area contributed by atoms with E-state index in [1.54, 1.807) is 36.5 Å². The minimum Gasteiger partial charge on any atom is -0.508 e. The van der Waals surface area contributed by atoms with Crippen LogP contribution >= 0.6 is 0 Å². The molecule has 0 saturated heterocycles. The highest BCUT2D eigenvalue weighted by Crippen LogP contribution is 2.36. The molecular weight excluding hydrogens is 266 g/mol. The lowest BCUT2D eigenvalue weighted by Gasteiger charge is -2.04. The summed E-state index contributed by atoms with van der Waals surface area (Å²) in [7, 11) is 0. The van der Waals surface area contributed by atoms with E-state index in [4.69, 9.17) is 4.42 Å². The molecule has 4 nitrogen and oxygen atoms in total. The number of phenolic OH excluding ortho intramolecular Hbond substituents is 2. The second-order valence-electron chi connectivity index (χ2n) is 4.86. The number of benzene rings is 2. The molecule has 0 amide bonds. The van der Waals surface area contributed by atoms with E-state index < -0.39 is 0 Å². The molecule has 2 N–H and O–H groups in total. The summed E-state index contributed by atoms with van der Waals surface area (Å²) in [5.41, 5.74) is 2.10. The van der Waals surface area contributed by atoms with E-state index in [0.29, 0.717) is 16.9 Å². The van der Waals surface area contributed by atoms with Crippen molar-refractivity contribution in [2.24, 2.45) is 0 Å². The summed E-state index contributed by atoms with van der Waals surface area (Å²) in [5.74, 6) is 1.02. The number of furan rings is 1. The first-order valence-electron chi connectivity index (χ1n) is 6.52. The minimum absolute atomic E-state index is 0.142. The number of aromatic nitrogens is 1. The molecule has 4 heteroatoms. The van der Waals surface area contributed by atoms with Gasteiger partial charge in [-0.25, -0.2) is 0 Å². The Balaban J connectivity index is 2.02. The summed E-state index contributed by atoms with van der Waals surface area (Å²) in [6.07, 6.45) is 1.64. The molecular formula is C17H11NO3. The van der Waals surface area contributed by atoms with Crippen molar-refractivity contribution in [3.05, 3.63) is 54.7 Å². The van der Waals surface area contributed by atoms with E-state index in [2.05, 4.69) is 4.98 Å². The average molecular weight is 277 g/mol. The second kappa shape index (κ2) is 4.24. The molecule has 21 heavy (non-hydrogen) atoms. The van der Waals surface area contributed by atoms with E-state index in [1.165, 1.54) is 0 Å². The zero-order chi connectivity index (χ0) is 14.4. The number of pyridine rings is 1. The van der Waals surface area contributed by atoms with Crippen LogP contribution in [0, 0.1) is 0 Å². The van der Waals surface area contributed by atoms with Gasteiger partial charge >= 0.3 is 0 Å². The summed E-state index contributed by atoms with van der Waals surface area (Å²) in [6.45, 7) is 0. The molecule has 0 radical (unpaired) electrons. The molecule has 2 aromatic heterocycles. The Kier molecular flexibility index (Phi) is 2.38. The third-order valence-electron chi connectivity index (χ3n) is 3.51. The topological polar surface area (TPSA) is 66.5 Å². The maximum atomic E-state index is 9.89. The van der Waals surface area contributed by atoms with E-state index in [0.717, 1.165) is 16.3 Å². The first-order chi connectivity index (χ1) is 10.2. The number of hydrogen-bond acceptors (Lipinski definition) is 4. The van der Waals surface area contributed by atoms with Gasteiger partial charge < -0.3 is 14.6 Å². The molecule has 2 heterocycles. The van der Waals surface area contributed by atoms with Crippen LogP contribution in [0.3, 0.4) is 0 Å². The number of fused-ring (bicyclic) bond motifs is 2. The van der Waals surface area contributed by atoms with Gasteiger partial charge in [-0.3, -0.25) is 4.98 Å². The van der Waals surface area contributed by atoms with Crippen molar-refractivity contribution in [2.45, 2.75) is 0 Å². The highest BCUT2D eigenvalue weighted by molar-refractivity contribution is 5.98. The predicted molar refractivity (Wildman–Crippen MR) is 80.3 cm³/mol. The first-order valence-corrected chi connectivity index (χ1v) is 6.52. The quantitative estimate of drug-likeness (QED) is 0.550. The largest absolute Gasteiger partial charge is 0.508 e. The zero-order valence-corrected chi connectivity index (χ0v) is 10.9. The lowest BCUT2D eigenvalue weighted by Crippen LogP contribution is -1.82. The van der Waals surface area contributed by atoms with E-state index >= 15 is 0 Å². The number of nitrogens with zero attached hydrogens (tertiary/aromatic N) is 1. The third kappa shape index (κ3) is 1.80. The molecule has 0 aliphatic rings. The second-order valence-corrected chi connectivity index (χ2v) is 4.86. The van der Waals surface area contributed by atoms with Crippen LogP contribution in [0.5, 0.6) is 11.5 Å². The standard InChI is InChI=1S/C17H11NO3/c19-11-3-6-15-10(8-11)9-16(21-15)12-4-5-14(20)17-13(12)2-1-7-18-17/h1-9,19-20H. The van der Waals surface area contributed by atoms with E-state index in [-0.39, 0.29) is 11.5 Å². The molecule has 0 fully saturated rings. The Labute approximate surface area is 119 Å². The van der Waals surface area contributed by atoms with Crippen molar-refractivity contribution in [1.82, 2.24) is 4.98 Å². The van der Waals surface area contributed by atoms with Crippen LogP contribution in [-0.4, -0.2) is 15.2 Å². The lowest BCUT2D eigenvalue weighted by atomic mass is 10.1. The van der Waals surface area contributed by atoms with E-state index in [9.17, 15) is 10.2 Å². The van der Waals surface area contributed by atoms with Gasteiger partial charge in [0.1, 0.15) is 28.4 Å². The van der Waals surface area contributed by atoms with Gasteiger partial charge in [-0.2, -0.15) is 0 Å². The Morgan fingerprint density at radius 3 is 2.76 bits per heavy atom. The highest BCUT2D eigenvalue weighted by atomic mass is 16.3. The van der Waals surface area contributed by atoms with Crippen molar-refractivity contribution in [2.75, 3.05) is 0 Å². The number of aromatic hydroxyl groups is 2. The van der Waals surface area contributed by atoms with Gasteiger partial charge in [0, 0.05) is 22.5 Å². The monoisotopic (exact) mass is 277 g/mol. The zero-order valence-electron chi connectivity index (χ0n) is 10.9. The van der Waals surface area contributed by atoms with Gasteiger partial charge in [-0.1, -0.05) is 6.07 Å². The molecule has 0 unspecified atom stereocenters. The van der Waals surface area contributed by atoms with Crippen LogP contribution < -0.4 is 0 Å². The molecule has 102 valence electrons. The van der Waals surface area contributed by atoms with Gasteiger partial charge in [0.05, 0.1) is 0 Å². The minimum atomic E-state index is 0.142. The molecule has 4 rings (SSSR count). The van der Waals surface area contributed by atoms with Crippen molar-refractivity contribution in [1.29, 1.82) is 0 Å². The van der Waals surface area contributed by atoms with Crippen molar-refractivity contribution in [3.63, 3.8) is 0 Å². The fourth-order valence-corrected chi connectivity index (χ4v) is 2.54. The summed E-state index contributed by atoms with van der Waals surface area (Å²) < 4.78 is 5.84. The van der Waals surface area contributed by atoms with E-state index in [1.807, 2.05) is 18.2 Å². The van der Waals surface area contributed by atoms with Crippen LogP contribution in [0.15, 0.2) is 59.1 Å². The van der Waals surface area contributed by atoms with Crippen molar-refractivity contribution in [3.8, 4) is 22.8 Å². The smallest absolute Gasteiger partial charge is 0.141 e. The predicted octanol–water partition coefficient (Wildman–Crippen LogP) is 4.06. The van der Waals surface area contributed by atoms with Gasteiger partial charge in [-0.15, -0.1) is 0 Å².